The number of aliphatic hydroxyl groups excluding tert-OH is 1. The van der Waals surface area contributed by atoms with Gasteiger partial charge in [0.1, 0.15) is 6.61 Å². The predicted octanol–water partition coefficient (Wildman–Crippen LogP) is 7.66. The second-order valence-corrected chi connectivity index (χ2v) is 8.67. The Labute approximate surface area is 202 Å². The van der Waals surface area contributed by atoms with E-state index in [1.165, 1.54) is 24.3 Å². The molecule has 3 aromatic rings. The maximum atomic E-state index is 14.7. The third kappa shape index (κ3) is 5.49. The molecule has 1 saturated carbocycles. The van der Waals surface area contributed by atoms with E-state index in [4.69, 9.17) is 4.74 Å². The van der Waals surface area contributed by atoms with Crippen molar-refractivity contribution in [2.24, 2.45) is 0 Å². The Morgan fingerprint density at radius 3 is 2.20 bits per heavy atom. The minimum atomic E-state index is -1.07. The number of rotatable bonds is 7. The lowest BCUT2D eigenvalue weighted by Crippen LogP contribution is -2.18. The van der Waals surface area contributed by atoms with Crippen LogP contribution in [0.5, 0.6) is 5.75 Å². The Morgan fingerprint density at radius 2 is 1.51 bits per heavy atom. The fourth-order valence-electron chi connectivity index (χ4n) is 4.38. The highest BCUT2D eigenvalue weighted by atomic mass is 19.2. The van der Waals surface area contributed by atoms with Crippen LogP contribution in [0, 0.1) is 23.3 Å². The van der Waals surface area contributed by atoms with Gasteiger partial charge in [0.25, 0.3) is 0 Å². The van der Waals surface area contributed by atoms with Gasteiger partial charge in [0.15, 0.2) is 23.2 Å². The van der Waals surface area contributed by atoms with Crippen LogP contribution in [-0.4, -0.2) is 17.8 Å². The van der Waals surface area contributed by atoms with Crippen molar-refractivity contribution in [1.82, 2.24) is 0 Å². The first-order valence-corrected chi connectivity index (χ1v) is 11.5. The fraction of sp³-hybridized carbons (Fsp3) is 0.241. The van der Waals surface area contributed by atoms with Gasteiger partial charge in [-0.15, -0.1) is 0 Å². The van der Waals surface area contributed by atoms with E-state index in [2.05, 4.69) is 6.58 Å². The summed E-state index contributed by atoms with van der Waals surface area (Å²) < 4.78 is 63.3. The van der Waals surface area contributed by atoms with Crippen molar-refractivity contribution < 1.29 is 27.4 Å². The van der Waals surface area contributed by atoms with Gasteiger partial charge in [-0.05, 0) is 60.4 Å². The van der Waals surface area contributed by atoms with Gasteiger partial charge in [-0.1, -0.05) is 61.2 Å². The summed E-state index contributed by atoms with van der Waals surface area (Å²) in [6.07, 6.45) is 6.63. The average molecular weight is 483 g/mol. The van der Waals surface area contributed by atoms with E-state index in [0.29, 0.717) is 42.4 Å². The molecular weight excluding hydrogens is 456 g/mol. The second-order valence-electron chi connectivity index (χ2n) is 8.67. The number of ether oxygens (including phenoxy) is 1. The first-order chi connectivity index (χ1) is 16.9. The maximum Gasteiger partial charge on any atom is 0.201 e. The highest BCUT2D eigenvalue weighted by Crippen LogP contribution is 2.36. The molecular formula is C29H26F4O2. The zero-order valence-corrected chi connectivity index (χ0v) is 19.1. The molecule has 0 unspecified atom stereocenters. The monoisotopic (exact) mass is 482 g/mol. The topological polar surface area (TPSA) is 29.5 Å². The van der Waals surface area contributed by atoms with Crippen molar-refractivity contribution >= 4 is 12.2 Å². The first-order valence-electron chi connectivity index (χ1n) is 11.5. The van der Waals surface area contributed by atoms with Crippen LogP contribution in [0.15, 0.2) is 61.2 Å². The van der Waals surface area contributed by atoms with Gasteiger partial charge in [0.05, 0.1) is 6.10 Å². The summed E-state index contributed by atoms with van der Waals surface area (Å²) in [5.74, 6) is -4.11. The summed E-state index contributed by atoms with van der Waals surface area (Å²) in [6, 6.07) is 12.6. The van der Waals surface area contributed by atoms with Crippen LogP contribution in [0.4, 0.5) is 17.6 Å². The molecule has 1 aliphatic carbocycles. The predicted molar refractivity (Wildman–Crippen MR) is 130 cm³/mol. The summed E-state index contributed by atoms with van der Waals surface area (Å²) in [6.45, 7) is 3.54. The van der Waals surface area contributed by atoms with Crippen molar-refractivity contribution in [3.63, 3.8) is 0 Å². The van der Waals surface area contributed by atoms with Gasteiger partial charge in [0.2, 0.25) is 5.82 Å². The molecule has 2 nitrogen and oxygen atoms in total. The normalized spacial score (nSPS) is 18.1. The van der Waals surface area contributed by atoms with Gasteiger partial charge in [-0.2, -0.15) is 4.39 Å². The summed E-state index contributed by atoms with van der Waals surface area (Å²) in [5.41, 5.74) is 1.71. The number of aliphatic hydroxyl groups is 1. The number of benzene rings is 3. The Kier molecular flexibility index (Phi) is 7.71. The molecule has 35 heavy (non-hydrogen) atoms. The summed E-state index contributed by atoms with van der Waals surface area (Å²) in [7, 11) is 0. The molecule has 1 fully saturated rings. The number of halogens is 4. The number of hydrogen-bond acceptors (Lipinski definition) is 2. The molecule has 0 heterocycles. The van der Waals surface area contributed by atoms with Gasteiger partial charge in [0, 0.05) is 11.1 Å². The Balaban J connectivity index is 1.50. The van der Waals surface area contributed by atoms with E-state index in [0.717, 1.165) is 0 Å². The van der Waals surface area contributed by atoms with E-state index >= 15 is 0 Å². The van der Waals surface area contributed by atoms with Gasteiger partial charge in [-0.25, -0.2) is 13.2 Å². The van der Waals surface area contributed by atoms with Crippen molar-refractivity contribution in [3.8, 4) is 16.9 Å². The quantitative estimate of drug-likeness (QED) is 0.213. The van der Waals surface area contributed by atoms with E-state index in [-0.39, 0.29) is 35.5 Å². The van der Waals surface area contributed by atoms with E-state index in [1.54, 1.807) is 42.5 Å². The second kappa shape index (κ2) is 10.9. The molecule has 182 valence electrons. The summed E-state index contributed by atoms with van der Waals surface area (Å²) >= 11 is 0. The third-order valence-electron chi connectivity index (χ3n) is 6.36. The lowest BCUT2D eigenvalue weighted by atomic mass is 9.82. The van der Waals surface area contributed by atoms with E-state index in [1.807, 2.05) is 0 Å². The lowest BCUT2D eigenvalue weighted by Gasteiger charge is -2.26. The van der Waals surface area contributed by atoms with Crippen molar-refractivity contribution in [2.75, 3.05) is 6.61 Å². The van der Waals surface area contributed by atoms with Crippen LogP contribution < -0.4 is 4.74 Å². The molecule has 1 N–H and O–H groups in total. The van der Waals surface area contributed by atoms with Crippen molar-refractivity contribution in [3.05, 3.63) is 101 Å². The highest BCUT2D eigenvalue weighted by molar-refractivity contribution is 5.73. The van der Waals surface area contributed by atoms with Crippen molar-refractivity contribution in [2.45, 2.75) is 37.7 Å². The van der Waals surface area contributed by atoms with Crippen LogP contribution in [-0.2, 0) is 0 Å². The molecule has 0 atom stereocenters. The molecule has 0 radical (unpaired) electrons. The highest BCUT2D eigenvalue weighted by Gasteiger charge is 2.25. The summed E-state index contributed by atoms with van der Waals surface area (Å²) in [4.78, 5) is 0. The smallest absolute Gasteiger partial charge is 0.201 e. The zero-order chi connectivity index (χ0) is 24.9. The molecule has 1 aliphatic rings. The molecule has 3 aromatic carbocycles. The molecule has 4 rings (SSSR count). The first kappa shape index (κ1) is 24.7. The van der Waals surface area contributed by atoms with Crippen LogP contribution in [0.3, 0.4) is 0 Å². The molecule has 0 spiro atoms. The molecule has 6 heteroatoms. The molecule has 0 bridgehead atoms. The minimum Gasteiger partial charge on any atom is -0.486 e. The van der Waals surface area contributed by atoms with E-state index in [9.17, 15) is 22.7 Å². The zero-order valence-electron chi connectivity index (χ0n) is 19.1. The summed E-state index contributed by atoms with van der Waals surface area (Å²) in [5, 5.41) is 9.65. The van der Waals surface area contributed by atoms with Crippen LogP contribution >= 0.6 is 0 Å². The Morgan fingerprint density at radius 1 is 0.800 bits per heavy atom. The largest absolute Gasteiger partial charge is 0.486 e. The standard InChI is InChI=1S/C29H26F4O2/c1-2-17-35-25-16-15-24(28(32)29(25)33)19-6-3-18(4-7-19)5-8-21-11-14-23(27(31)26(21)30)20-9-12-22(34)13-10-20/h2-8,11,14-16,20,22,34H,1,9-10,12-13,17H2/b8-5+. The Bertz CT molecular complexity index is 1230. The lowest BCUT2D eigenvalue weighted by molar-refractivity contribution is 0.122. The minimum absolute atomic E-state index is 0.0642. The molecule has 0 amide bonds. The SMILES string of the molecule is C=CCOc1ccc(-c2ccc(/C=C/c3ccc(C4CCC(O)CC4)c(F)c3F)cc2)c(F)c1F. The van der Waals surface area contributed by atoms with Gasteiger partial charge < -0.3 is 9.84 Å². The maximum absolute atomic E-state index is 14.7. The van der Waals surface area contributed by atoms with Crippen molar-refractivity contribution in [1.29, 1.82) is 0 Å². The van der Waals surface area contributed by atoms with Crippen LogP contribution in [0.25, 0.3) is 23.3 Å². The van der Waals surface area contributed by atoms with E-state index < -0.39 is 23.3 Å². The third-order valence-corrected chi connectivity index (χ3v) is 6.36. The molecule has 0 aromatic heterocycles. The van der Waals surface area contributed by atoms with Crippen LogP contribution in [0.2, 0.25) is 0 Å². The Hall–Kier alpha value is -3.38. The average Bonchev–Trinajstić information content (AvgIpc) is 2.87. The molecule has 0 saturated heterocycles. The van der Waals surface area contributed by atoms with Gasteiger partial charge in [-0.3, -0.25) is 0 Å². The number of hydrogen-bond donors (Lipinski definition) is 1. The molecule has 0 aliphatic heterocycles. The fourth-order valence-corrected chi connectivity index (χ4v) is 4.38. The van der Waals surface area contributed by atoms with Crippen LogP contribution in [0.1, 0.15) is 48.3 Å². The van der Waals surface area contributed by atoms with Gasteiger partial charge >= 0.3 is 0 Å².